The Morgan fingerprint density at radius 1 is 1.27 bits per heavy atom. The number of hydrogen-bond donors (Lipinski definition) is 1. The molecule has 26 heavy (non-hydrogen) atoms. The Bertz CT molecular complexity index is 756. The molecule has 1 fully saturated rings. The predicted molar refractivity (Wildman–Crippen MR) is 88.3 cm³/mol. The average molecular weight is 437 g/mol. The Morgan fingerprint density at radius 2 is 1.96 bits per heavy atom. The molecule has 0 radical (unpaired) electrons. The van der Waals surface area contributed by atoms with Crippen molar-refractivity contribution in [3.8, 4) is 11.5 Å². The van der Waals surface area contributed by atoms with Gasteiger partial charge in [-0.3, -0.25) is 9.59 Å². The molecule has 2 aliphatic heterocycles. The van der Waals surface area contributed by atoms with Crippen molar-refractivity contribution >= 4 is 27.7 Å². The van der Waals surface area contributed by atoms with Crippen LogP contribution in [-0.4, -0.2) is 54.7 Å². The normalized spacial score (nSPS) is 22.3. The van der Waals surface area contributed by atoms with Gasteiger partial charge in [0.1, 0.15) is 13.2 Å². The first-order valence-corrected chi connectivity index (χ1v) is 8.66. The van der Waals surface area contributed by atoms with Gasteiger partial charge < -0.3 is 19.7 Å². The molecule has 1 aromatic rings. The van der Waals surface area contributed by atoms with Gasteiger partial charge in [0, 0.05) is 17.6 Å². The fraction of sp³-hybridized carbons (Fsp3) is 0.500. The number of likely N-dealkylation sites (tertiary alicyclic amines) is 1. The summed E-state index contributed by atoms with van der Waals surface area (Å²) >= 11 is 3.31. The second kappa shape index (κ2) is 6.64. The molecule has 3 rings (SSSR count). The minimum Gasteiger partial charge on any atom is -0.486 e. The summed E-state index contributed by atoms with van der Waals surface area (Å²) in [6.45, 7) is 2.34. The summed E-state index contributed by atoms with van der Waals surface area (Å²) in [4.78, 5) is 25.5. The highest BCUT2D eigenvalue weighted by atomic mass is 79.9. The van der Waals surface area contributed by atoms with E-state index in [0.29, 0.717) is 29.2 Å². The molecule has 142 valence electrons. The number of carbonyl (C=O) groups is 2. The molecule has 1 atom stereocenters. The van der Waals surface area contributed by atoms with Crippen molar-refractivity contribution in [2.24, 2.45) is 0 Å². The summed E-state index contributed by atoms with van der Waals surface area (Å²) in [6.07, 6.45) is -4.75. The first-order chi connectivity index (χ1) is 12.1. The Balaban J connectivity index is 1.78. The highest BCUT2D eigenvalue weighted by Gasteiger charge is 2.45. The summed E-state index contributed by atoms with van der Waals surface area (Å²) in [5, 5.41) is 1.98. The SMILES string of the molecule is CC1(NC(=O)C(F)(F)F)CCN(C(=O)c2cc(Br)cc3c2OCCO3)C1. The van der Waals surface area contributed by atoms with Crippen molar-refractivity contribution in [3.63, 3.8) is 0 Å². The molecule has 1 saturated heterocycles. The van der Waals surface area contributed by atoms with Gasteiger partial charge in [-0.05, 0) is 25.5 Å². The molecule has 0 saturated carbocycles. The maximum Gasteiger partial charge on any atom is 0.471 e. The molecule has 2 aliphatic rings. The van der Waals surface area contributed by atoms with Crippen LogP contribution < -0.4 is 14.8 Å². The van der Waals surface area contributed by atoms with Gasteiger partial charge in [0.05, 0.1) is 11.1 Å². The van der Waals surface area contributed by atoms with Gasteiger partial charge >= 0.3 is 12.1 Å². The van der Waals surface area contributed by atoms with Gasteiger partial charge in [-0.25, -0.2) is 0 Å². The molecule has 1 N–H and O–H groups in total. The first-order valence-electron chi connectivity index (χ1n) is 7.87. The van der Waals surface area contributed by atoms with E-state index in [9.17, 15) is 22.8 Å². The predicted octanol–water partition coefficient (Wildman–Crippen LogP) is 2.50. The zero-order valence-electron chi connectivity index (χ0n) is 13.8. The standard InChI is InChI=1S/C16H16BrF3N2O4/c1-15(21-14(24)16(18,19)20)2-3-22(8-15)13(23)10-6-9(17)7-11-12(10)26-5-4-25-11/h6-7H,2-5,8H2,1H3,(H,21,24). The fourth-order valence-corrected chi connectivity index (χ4v) is 3.47. The van der Waals surface area contributed by atoms with Crippen LogP contribution in [0, 0.1) is 0 Å². The van der Waals surface area contributed by atoms with E-state index in [0.717, 1.165) is 0 Å². The summed E-state index contributed by atoms with van der Waals surface area (Å²) in [5.41, 5.74) is -0.883. The lowest BCUT2D eigenvalue weighted by Gasteiger charge is -2.27. The van der Waals surface area contributed by atoms with Gasteiger partial charge in [0.25, 0.3) is 5.91 Å². The molecule has 1 aromatic carbocycles. The molecule has 0 aromatic heterocycles. The first kappa shape index (κ1) is 18.8. The quantitative estimate of drug-likeness (QED) is 0.773. The number of nitrogens with one attached hydrogen (secondary N) is 1. The van der Waals surface area contributed by atoms with Crippen LogP contribution in [0.4, 0.5) is 13.2 Å². The third-order valence-corrected chi connectivity index (χ3v) is 4.73. The van der Waals surface area contributed by atoms with Crippen LogP contribution in [0.25, 0.3) is 0 Å². The summed E-state index contributed by atoms with van der Waals surface area (Å²) < 4.78 is 49.1. The van der Waals surface area contributed by atoms with Crippen LogP contribution in [0.2, 0.25) is 0 Å². The van der Waals surface area contributed by atoms with Crippen molar-refractivity contribution in [2.75, 3.05) is 26.3 Å². The summed E-state index contributed by atoms with van der Waals surface area (Å²) in [6, 6.07) is 3.27. The van der Waals surface area contributed by atoms with E-state index < -0.39 is 23.5 Å². The number of nitrogens with zero attached hydrogens (tertiary/aromatic N) is 1. The molecule has 6 nitrogen and oxygen atoms in total. The van der Waals surface area contributed by atoms with Gasteiger partial charge in [-0.2, -0.15) is 13.2 Å². The third kappa shape index (κ3) is 3.74. The lowest BCUT2D eigenvalue weighted by atomic mass is 10.0. The van der Waals surface area contributed by atoms with Gasteiger partial charge in [0.2, 0.25) is 0 Å². The number of hydrogen-bond acceptors (Lipinski definition) is 4. The zero-order chi connectivity index (χ0) is 19.1. The van der Waals surface area contributed by atoms with Crippen LogP contribution in [0.15, 0.2) is 16.6 Å². The number of ether oxygens (including phenoxy) is 2. The number of halogens is 4. The second-order valence-corrected chi connectivity index (χ2v) is 7.38. The molecular weight excluding hydrogens is 421 g/mol. The lowest BCUT2D eigenvalue weighted by molar-refractivity contribution is -0.175. The van der Waals surface area contributed by atoms with Crippen LogP contribution in [0.5, 0.6) is 11.5 Å². The summed E-state index contributed by atoms with van der Waals surface area (Å²) in [5.74, 6) is -1.65. The highest BCUT2D eigenvalue weighted by molar-refractivity contribution is 9.10. The van der Waals surface area contributed by atoms with Crippen LogP contribution >= 0.6 is 15.9 Å². The smallest absolute Gasteiger partial charge is 0.471 e. The van der Waals surface area contributed by atoms with E-state index in [2.05, 4.69) is 15.9 Å². The van der Waals surface area contributed by atoms with Crippen LogP contribution in [0.1, 0.15) is 23.7 Å². The maximum absolute atomic E-state index is 12.9. The molecule has 10 heteroatoms. The molecular formula is C16H16BrF3N2O4. The molecule has 2 heterocycles. The van der Waals surface area contributed by atoms with Gasteiger partial charge in [-0.1, -0.05) is 15.9 Å². The van der Waals surface area contributed by atoms with Crippen LogP contribution in [-0.2, 0) is 4.79 Å². The van der Waals surface area contributed by atoms with Gasteiger partial charge in [-0.15, -0.1) is 0 Å². The second-order valence-electron chi connectivity index (χ2n) is 6.47. The van der Waals surface area contributed by atoms with E-state index in [1.807, 2.05) is 5.32 Å². The van der Waals surface area contributed by atoms with Crippen molar-refractivity contribution in [1.82, 2.24) is 10.2 Å². The number of carbonyl (C=O) groups excluding carboxylic acids is 2. The molecule has 1 unspecified atom stereocenters. The molecule has 2 amide bonds. The largest absolute Gasteiger partial charge is 0.486 e. The molecule has 0 aliphatic carbocycles. The highest BCUT2D eigenvalue weighted by Crippen LogP contribution is 2.38. The fourth-order valence-electron chi connectivity index (χ4n) is 3.03. The van der Waals surface area contributed by atoms with Crippen LogP contribution in [0.3, 0.4) is 0 Å². The Labute approximate surface area is 155 Å². The van der Waals surface area contributed by atoms with E-state index in [-0.39, 0.29) is 25.1 Å². The van der Waals surface area contributed by atoms with E-state index >= 15 is 0 Å². The molecule has 0 spiro atoms. The average Bonchev–Trinajstić information content (AvgIpc) is 2.94. The minimum atomic E-state index is -4.96. The van der Waals surface area contributed by atoms with Crippen molar-refractivity contribution < 1.29 is 32.2 Å². The summed E-state index contributed by atoms with van der Waals surface area (Å²) in [7, 11) is 0. The monoisotopic (exact) mass is 436 g/mol. The third-order valence-electron chi connectivity index (χ3n) is 4.27. The Kier molecular flexibility index (Phi) is 4.80. The Morgan fingerprint density at radius 3 is 2.65 bits per heavy atom. The number of rotatable bonds is 2. The van der Waals surface area contributed by atoms with Crippen molar-refractivity contribution in [2.45, 2.75) is 25.1 Å². The number of alkyl halides is 3. The minimum absolute atomic E-state index is 0.0319. The van der Waals surface area contributed by atoms with E-state index in [4.69, 9.17) is 9.47 Å². The van der Waals surface area contributed by atoms with E-state index in [1.54, 1.807) is 12.1 Å². The Hall–Kier alpha value is -1.97. The topological polar surface area (TPSA) is 67.9 Å². The number of benzene rings is 1. The van der Waals surface area contributed by atoms with Gasteiger partial charge in [0.15, 0.2) is 11.5 Å². The zero-order valence-corrected chi connectivity index (χ0v) is 15.4. The number of amides is 2. The van der Waals surface area contributed by atoms with E-state index in [1.165, 1.54) is 11.8 Å². The maximum atomic E-state index is 12.9. The number of fused-ring (bicyclic) bond motifs is 1. The molecule has 0 bridgehead atoms. The van der Waals surface area contributed by atoms with Crippen molar-refractivity contribution in [1.29, 1.82) is 0 Å². The van der Waals surface area contributed by atoms with Crippen molar-refractivity contribution in [3.05, 3.63) is 22.2 Å². The lowest BCUT2D eigenvalue weighted by Crippen LogP contribution is -2.52.